The predicted molar refractivity (Wildman–Crippen MR) is 79.6 cm³/mol. The van der Waals surface area contributed by atoms with Crippen molar-refractivity contribution in [2.45, 2.75) is 6.92 Å². The molecule has 1 heterocycles. The number of thiocarbonyl (C=S) groups is 1. The molecule has 0 bridgehead atoms. The molecule has 6 heteroatoms. The van der Waals surface area contributed by atoms with Crippen LogP contribution in [-0.4, -0.2) is 9.97 Å². The number of aryl methyl sites for hydroxylation is 1. The molecular formula is C13H11ClFN3S. The van der Waals surface area contributed by atoms with E-state index in [1.54, 1.807) is 12.1 Å². The van der Waals surface area contributed by atoms with E-state index in [1.807, 2.05) is 6.92 Å². The molecule has 0 spiro atoms. The fourth-order valence-electron chi connectivity index (χ4n) is 1.61. The monoisotopic (exact) mass is 295 g/mol. The highest BCUT2D eigenvalue weighted by Gasteiger charge is 2.06. The fraction of sp³-hybridized carbons (Fsp3) is 0.0769. The molecule has 0 aliphatic rings. The number of nitrogens with one attached hydrogen (secondary N) is 1. The van der Waals surface area contributed by atoms with Gasteiger partial charge in [0, 0.05) is 11.3 Å². The summed E-state index contributed by atoms with van der Waals surface area (Å²) in [5, 5.41) is 3.36. The van der Waals surface area contributed by atoms with Gasteiger partial charge in [0.15, 0.2) is 0 Å². The molecule has 2 rings (SSSR count). The van der Waals surface area contributed by atoms with Crippen molar-refractivity contribution in [1.82, 2.24) is 4.98 Å². The normalized spacial score (nSPS) is 10.3. The van der Waals surface area contributed by atoms with Crippen LogP contribution in [0.1, 0.15) is 11.3 Å². The average Bonchev–Trinajstić information content (AvgIpc) is 2.33. The second-order valence-corrected chi connectivity index (χ2v) is 4.84. The van der Waals surface area contributed by atoms with Crippen LogP contribution in [0.3, 0.4) is 0 Å². The zero-order valence-corrected chi connectivity index (χ0v) is 11.6. The standard InChI is InChI=1S/C13H11ClFN3S/c1-7-4-8(13(16)19)5-12(17-7)18-11-6-9(15)2-3-10(11)14/h2-6H,1H3,(H2,16,19)(H,17,18). The molecule has 1 aromatic heterocycles. The number of rotatable bonds is 3. The summed E-state index contributed by atoms with van der Waals surface area (Å²) in [6.07, 6.45) is 0. The van der Waals surface area contributed by atoms with Gasteiger partial charge in [0.2, 0.25) is 0 Å². The van der Waals surface area contributed by atoms with Gasteiger partial charge in [-0.3, -0.25) is 0 Å². The lowest BCUT2D eigenvalue weighted by Gasteiger charge is -2.10. The number of hydrogen-bond donors (Lipinski definition) is 2. The SMILES string of the molecule is Cc1cc(C(N)=S)cc(Nc2cc(F)ccc2Cl)n1. The van der Waals surface area contributed by atoms with E-state index in [-0.39, 0.29) is 10.8 Å². The molecule has 0 saturated carbocycles. The van der Waals surface area contributed by atoms with E-state index >= 15 is 0 Å². The van der Waals surface area contributed by atoms with Gasteiger partial charge in [0.05, 0.1) is 10.7 Å². The van der Waals surface area contributed by atoms with Crippen LogP contribution in [0.2, 0.25) is 5.02 Å². The highest BCUT2D eigenvalue weighted by Crippen LogP contribution is 2.26. The Labute approximate surface area is 120 Å². The third-order valence-corrected chi connectivity index (χ3v) is 2.99. The maximum absolute atomic E-state index is 13.2. The van der Waals surface area contributed by atoms with Gasteiger partial charge in [-0.25, -0.2) is 9.37 Å². The van der Waals surface area contributed by atoms with Gasteiger partial charge < -0.3 is 11.1 Å². The lowest BCUT2D eigenvalue weighted by atomic mass is 10.2. The van der Waals surface area contributed by atoms with Gasteiger partial charge >= 0.3 is 0 Å². The summed E-state index contributed by atoms with van der Waals surface area (Å²) in [6.45, 7) is 1.82. The number of hydrogen-bond acceptors (Lipinski definition) is 3. The Balaban J connectivity index is 2.38. The Morgan fingerprint density at radius 2 is 2.11 bits per heavy atom. The molecule has 0 radical (unpaired) electrons. The highest BCUT2D eigenvalue weighted by molar-refractivity contribution is 7.80. The second-order valence-electron chi connectivity index (χ2n) is 4.00. The van der Waals surface area contributed by atoms with Crippen LogP contribution in [0.15, 0.2) is 30.3 Å². The van der Waals surface area contributed by atoms with Gasteiger partial charge in [-0.1, -0.05) is 23.8 Å². The summed E-state index contributed by atoms with van der Waals surface area (Å²) in [5.41, 5.74) is 7.47. The predicted octanol–water partition coefficient (Wildman–Crippen LogP) is 3.56. The number of aromatic nitrogens is 1. The Morgan fingerprint density at radius 1 is 1.37 bits per heavy atom. The lowest BCUT2D eigenvalue weighted by Crippen LogP contribution is -2.10. The number of halogens is 2. The minimum atomic E-state index is -0.380. The molecular weight excluding hydrogens is 285 g/mol. The van der Waals surface area contributed by atoms with Crippen LogP contribution in [0.4, 0.5) is 15.9 Å². The van der Waals surface area contributed by atoms with Crippen LogP contribution < -0.4 is 11.1 Å². The van der Waals surface area contributed by atoms with Crippen LogP contribution in [0, 0.1) is 12.7 Å². The van der Waals surface area contributed by atoms with Crippen molar-refractivity contribution in [2.75, 3.05) is 5.32 Å². The van der Waals surface area contributed by atoms with Crippen molar-refractivity contribution in [3.05, 3.63) is 52.4 Å². The largest absolute Gasteiger partial charge is 0.389 e. The first kappa shape index (κ1) is 13.7. The summed E-state index contributed by atoms with van der Waals surface area (Å²) >= 11 is 10.9. The van der Waals surface area contributed by atoms with Gasteiger partial charge in [0.25, 0.3) is 0 Å². The maximum Gasteiger partial charge on any atom is 0.131 e. The summed E-state index contributed by atoms with van der Waals surface area (Å²) < 4.78 is 13.2. The number of pyridine rings is 1. The Morgan fingerprint density at radius 3 is 2.79 bits per heavy atom. The molecule has 3 N–H and O–H groups in total. The topological polar surface area (TPSA) is 50.9 Å². The molecule has 0 aliphatic heterocycles. The van der Waals surface area contributed by atoms with Crippen molar-refractivity contribution in [3.63, 3.8) is 0 Å². The molecule has 0 saturated heterocycles. The van der Waals surface area contributed by atoms with E-state index < -0.39 is 0 Å². The summed E-state index contributed by atoms with van der Waals surface area (Å²) in [4.78, 5) is 4.55. The molecule has 0 amide bonds. The van der Waals surface area contributed by atoms with E-state index in [0.29, 0.717) is 22.1 Å². The zero-order chi connectivity index (χ0) is 14.0. The molecule has 0 aliphatic carbocycles. The first-order valence-electron chi connectivity index (χ1n) is 5.46. The van der Waals surface area contributed by atoms with Crippen molar-refractivity contribution in [3.8, 4) is 0 Å². The summed E-state index contributed by atoms with van der Waals surface area (Å²) in [5.74, 6) is 0.129. The third kappa shape index (κ3) is 3.39. The van der Waals surface area contributed by atoms with Gasteiger partial charge in [-0.2, -0.15) is 0 Å². The highest BCUT2D eigenvalue weighted by atomic mass is 35.5. The van der Waals surface area contributed by atoms with E-state index in [2.05, 4.69) is 10.3 Å². The van der Waals surface area contributed by atoms with Crippen molar-refractivity contribution < 1.29 is 4.39 Å². The van der Waals surface area contributed by atoms with Gasteiger partial charge in [0.1, 0.15) is 16.6 Å². The van der Waals surface area contributed by atoms with Crippen LogP contribution >= 0.6 is 23.8 Å². The van der Waals surface area contributed by atoms with Crippen molar-refractivity contribution >= 4 is 40.3 Å². The average molecular weight is 296 g/mol. The summed E-state index contributed by atoms with van der Waals surface area (Å²) in [6, 6.07) is 7.53. The zero-order valence-electron chi connectivity index (χ0n) is 10.1. The number of benzene rings is 1. The van der Waals surface area contributed by atoms with Gasteiger partial charge in [-0.05, 0) is 37.3 Å². The van der Waals surface area contributed by atoms with Gasteiger partial charge in [-0.15, -0.1) is 0 Å². The molecule has 0 atom stereocenters. The maximum atomic E-state index is 13.2. The number of anilines is 2. The fourth-order valence-corrected chi connectivity index (χ4v) is 1.89. The second kappa shape index (κ2) is 5.50. The summed E-state index contributed by atoms with van der Waals surface area (Å²) in [7, 11) is 0. The molecule has 1 aromatic carbocycles. The quantitative estimate of drug-likeness (QED) is 0.850. The molecule has 2 aromatic rings. The molecule has 19 heavy (non-hydrogen) atoms. The van der Waals surface area contributed by atoms with E-state index in [1.165, 1.54) is 18.2 Å². The smallest absolute Gasteiger partial charge is 0.131 e. The molecule has 98 valence electrons. The van der Waals surface area contributed by atoms with Crippen molar-refractivity contribution in [2.24, 2.45) is 5.73 Å². The Hall–Kier alpha value is -1.72. The number of nitrogens with two attached hydrogens (primary N) is 1. The van der Waals surface area contributed by atoms with Crippen LogP contribution in [0.5, 0.6) is 0 Å². The lowest BCUT2D eigenvalue weighted by molar-refractivity contribution is 0.628. The Bertz CT molecular complexity index is 646. The first-order chi connectivity index (χ1) is 8.95. The van der Waals surface area contributed by atoms with Crippen LogP contribution in [0.25, 0.3) is 0 Å². The van der Waals surface area contributed by atoms with E-state index in [4.69, 9.17) is 29.6 Å². The van der Waals surface area contributed by atoms with E-state index in [9.17, 15) is 4.39 Å². The Kier molecular flexibility index (Phi) is 3.97. The van der Waals surface area contributed by atoms with Crippen molar-refractivity contribution in [1.29, 1.82) is 0 Å². The molecule has 0 unspecified atom stereocenters. The first-order valence-corrected chi connectivity index (χ1v) is 6.25. The minimum absolute atomic E-state index is 0.277. The van der Waals surface area contributed by atoms with Crippen LogP contribution in [-0.2, 0) is 0 Å². The molecule has 3 nitrogen and oxygen atoms in total. The third-order valence-electron chi connectivity index (χ3n) is 2.43. The number of nitrogens with zero attached hydrogens (tertiary/aromatic N) is 1. The van der Waals surface area contributed by atoms with E-state index in [0.717, 1.165) is 5.69 Å². The molecule has 0 fully saturated rings. The minimum Gasteiger partial charge on any atom is -0.389 e.